The maximum Gasteiger partial charge on any atom is 0.393 e. The summed E-state index contributed by atoms with van der Waals surface area (Å²) in [6.07, 6.45) is -4.69. The Morgan fingerprint density at radius 2 is 1.96 bits per heavy atom. The van der Waals surface area contributed by atoms with Crippen LogP contribution >= 0.6 is 0 Å². The highest BCUT2D eigenvalue weighted by atomic mass is 19.4. The number of alkyl halides is 3. The number of nitrogens with one attached hydrogen (secondary N) is 1. The Morgan fingerprint density at radius 1 is 1.32 bits per heavy atom. The number of carboxylic acid groups (broad SMARTS) is 1. The number of anilines is 1. The fourth-order valence-corrected chi connectivity index (χ4v) is 2.73. The SMILES string of the molecule is O=C(CN1C[C@@H](C(F)(F)F)[C@H](C(=O)O)C1)Nc1ccccc1[N+](=O)[O-]. The molecule has 1 aromatic carbocycles. The van der Waals surface area contributed by atoms with E-state index in [1.54, 1.807) is 0 Å². The molecule has 11 heteroatoms. The van der Waals surface area contributed by atoms with Gasteiger partial charge in [0.1, 0.15) is 5.69 Å². The monoisotopic (exact) mass is 361 g/mol. The van der Waals surface area contributed by atoms with Crippen LogP contribution in [0.5, 0.6) is 0 Å². The number of para-hydroxylation sites is 2. The first kappa shape index (κ1) is 18.6. The zero-order valence-electron chi connectivity index (χ0n) is 12.7. The molecule has 1 amide bonds. The van der Waals surface area contributed by atoms with Gasteiger partial charge in [-0.3, -0.25) is 24.6 Å². The van der Waals surface area contributed by atoms with Crippen molar-refractivity contribution in [1.29, 1.82) is 0 Å². The molecule has 0 unspecified atom stereocenters. The van der Waals surface area contributed by atoms with Gasteiger partial charge in [0.15, 0.2) is 0 Å². The molecular formula is C14H14F3N3O5. The van der Waals surface area contributed by atoms with Gasteiger partial charge in [0.25, 0.3) is 5.69 Å². The summed E-state index contributed by atoms with van der Waals surface area (Å²) in [5.74, 6) is -6.06. The largest absolute Gasteiger partial charge is 0.481 e. The third-order valence-corrected chi connectivity index (χ3v) is 3.88. The van der Waals surface area contributed by atoms with Crippen LogP contribution < -0.4 is 5.32 Å². The molecule has 8 nitrogen and oxygen atoms in total. The number of halogens is 3. The van der Waals surface area contributed by atoms with E-state index in [-0.39, 0.29) is 11.4 Å². The molecule has 2 atom stereocenters. The molecule has 0 spiro atoms. The average Bonchev–Trinajstić information content (AvgIpc) is 2.91. The van der Waals surface area contributed by atoms with E-state index in [1.165, 1.54) is 24.3 Å². The fraction of sp³-hybridized carbons (Fsp3) is 0.429. The summed E-state index contributed by atoms with van der Waals surface area (Å²) >= 11 is 0. The van der Waals surface area contributed by atoms with Crippen LogP contribution in [-0.4, -0.2) is 52.6 Å². The van der Waals surface area contributed by atoms with Gasteiger partial charge in [-0.1, -0.05) is 12.1 Å². The maximum atomic E-state index is 12.9. The van der Waals surface area contributed by atoms with Gasteiger partial charge >= 0.3 is 12.1 Å². The number of nitro groups is 1. The van der Waals surface area contributed by atoms with E-state index in [9.17, 15) is 32.9 Å². The predicted octanol–water partition coefficient (Wildman–Crippen LogP) is 1.73. The standard InChI is InChI=1S/C14H14F3N3O5/c15-14(16,17)9-6-19(5-8(9)13(22)23)7-12(21)18-10-3-1-2-4-11(10)20(24)25/h1-4,8-9H,5-7H2,(H,18,21)(H,22,23)/t8-,9-/m1/s1. The summed E-state index contributed by atoms with van der Waals surface area (Å²) in [6.45, 7) is -1.54. The zero-order chi connectivity index (χ0) is 18.8. The molecule has 1 heterocycles. The third-order valence-electron chi connectivity index (χ3n) is 3.88. The van der Waals surface area contributed by atoms with E-state index in [1.807, 2.05) is 0 Å². The molecule has 2 N–H and O–H groups in total. The summed E-state index contributed by atoms with van der Waals surface area (Å²) in [5, 5.41) is 22.1. The number of benzene rings is 1. The van der Waals surface area contributed by atoms with E-state index in [2.05, 4.69) is 5.32 Å². The van der Waals surface area contributed by atoms with Crippen molar-refractivity contribution >= 4 is 23.3 Å². The first-order valence-corrected chi connectivity index (χ1v) is 7.14. The number of aliphatic carboxylic acids is 1. The molecule has 1 aliphatic heterocycles. The summed E-state index contributed by atoms with van der Waals surface area (Å²) in [5.41, 5.74) is -0.437. The average molecular weight is 361 g/mol. The molecule has 0 radical (unpaired) electrons. The van der Waals surface area contributed by atoms with Gasteiger partial charge in [0, 0.05) is 19.2 Å². The molecule has 2 rings (SSSR count). The summed E-state index contributed by atoms with van der Waals surface area (Å²) in [4.78, 5) is 34.2. The van der Waals surface area contributed by atoms with E-state index in [0.29, 0.717) is 0 Å². The minimum absolute atomic E-state index is 0.0844. The van der Waals surface area contributed by atoms with Crippen molar-refractivity contribution < 1.29 is 32.8 Å². The van der Waals surface area contributed by atoms with Crippen molar-refractivity contribution in [3.63, 3.8) is 0 Å². The van der Waals surface area contributed by atoms with Crippen LogP contribution in [0.3, 0.4) is 0 Å². The molecule has 0 aromatic heterocycles. The lowest BCUT2D eigenvalue weighted by Gasteiger charge is -2.18. The van der Waals surface area contributed by atoms with Crippen LogP contribution in [0.1, 0.15) is 0 Å². The van der Waals surface area contributed by atoms with Crippen LogP contribution in [0.4, 0.5) is 24.5 Å². The normalized spacial score (nSPS) is 21.1. The second-order valence-electron chi connectivity index (χ2n) is 5.61. The lowest BCUT2D eigenvalue weighted by Crippen LogP contribution is -2.34. The number of nitro benzene ring substituents is 1. The highest BCUT2D eigenvalue weighted by Crippen LogP contribution is 2.37. The molecule has 1 aliphatic rings. The Hall–Kier alpha value is -2.69. The van der Waals surface area contributed by atoms with E-state index >= 15 is 0 Å². The molecule has 25 heavy (non-hydrogen) atoms. The smallest absolute Gasteiger partial charge is 0.393 e. The van der Waals surface area contributed by atoms with Gasteiger partial charge in [0.05, 0.1) is 23.3 Å². The Labute approximate surface area is 139 Å². The second kappa shape index (κ2) is 7.05. The first-order valence-electron chi connectivity index (χ1n) is 7.14. The summed E-state index contributed by atoms with van der Waals surface area (Å²) in [6, 6.07) is 5.32. The number of carbonyl (C=O) groups is 2. The number of amides is 1. The van der Waals surface area contributed by atoms with E-state index in [4.69, 9.17) is 5.11 Å². The predicted molar refractivity (Wildman–Crippen MR) is 78.8 cm³/mol. The highest BCUT2D eigenvalue weighted by Gasteiger charge is 2.52. The molecule has 1 fully saturated rings. The Bertz CT molecular complexity index is 695. The van der Waals surface area contributed by atoms with Crippen molar-refractivity contribution in [2.24, 2.45) is 11.8 Å². The number of hydrogen-bond acceptors (Lipinski definition) is 5. The Balaban J connectivity index is 2.04. The number of carbonyl (C=O) groups excluding carboxylic acids is 1. The van der Waals surface area contributed by atoms with Crippen LogP contribution in [0.2, 0.25) is 0 Å². The van der Waals surface area contributed by atoms with Gasteiger partial charge in [0.2, 0.25) is 5.91 Å². The molecule has 1 saturated heterocycles. The van der Waals surface area contributed by atoms with Gasteiger partial charge in [-0.25, -0.2) is 0 Å². The molecule has 0 saturated carbocycles. The lowest BCUT2D eigenvalue weighted by atomic mass is 9.96. The number of rotatable bonds is 5. The van der Waals surface area contributed by atoms with Gasteiger partial charge in [-0.15, -0.1) is 0 Å². The van der Waals surface area contributed by atoms with Crippen molar-refractivity contribution in [1.82, 2.24) is 4.90 Å². The van der Waals surface area contributed by atoms with Gasteiger partial charge in [-0.2, -0.15) is 13.2 Å². The number of hydrogen-bond donors (Lipinski definition) is 2. The minimum atomic E-state index is -4.69. The quantitative estimate of drug-likeness (QED) is 0.610. The van der Waals surface area contributed by atoms with Crippen molar-refractivity contribution in [2.75, 3.05) is 25.0 Å². The molecule has 1 aromatic rings. The van der Waals surface area contributed by atoms with Crippen molar-refractivity contribution in [2.45, 2.75) is 6.18 Å². The van der Waals surface area contributed by atoms with Crippen molar-refractivity contribution in [3.8, 4) is 0 Å². The summed E-state index contributed by atoms with van der Waals surface area (Å²) < 4.78 is 38.7. The maximum absolute atomic E-state index is 12.9. The zero-order valence-corrected chi connectivity index (χ0v) is 12.7. The first-order chi connectivity index (χ1) is 11.6. The number of carboxylic acids is 1. The molecular weight excluding hydrogens is 347 g/mol. The second-order valence-corrected chi connectivity index (χ2v) is 5.61. The van der Waals surface area contributed by atoms with E-state index < -0.39 is 54.4 Å². The number of likely N-dealkylation sites (tertiary alicyclic amines) is 1. The van der Waals surface area contributed by atoms with Gasteiger partial charge in [-0.05, 0) is 6.07 Å². The van der Waals surface area contributed by atoms with Crippen LogP contribution in [0.15, 0.2) is 24.3 Å². The van der Waals surface area contributed by atoms with E-state index in [0.717, 1.165) is 4.90 Å². The van der Waals surface area contributed by atoms with Crippen LogP contribution in [0.25, 0.3) is 0 Å². The molecule has 0 aliphatic carbocycles. The topological polar surface area (TPSA) is 113 Å². The van der Waals surface area contributed by atoms with Gasteiger partial charge < -0.3 is 10.4 Å². The minimum Gasteiger partial charge on any atom is -0.481 e. The Kier molecular flexibility index (Phi) is 5.26. The van der Waals surface area contributed by atoms with Crippen molar-refractivity contribution in [3.05, 3.63) is 34.4 Å². The molecule has 0 bridgehead atoms. The summed E-state index contributed by atoms with van der Waals surface area (Å²) in [7, 11) is 0. The van der Waals surface area contributed by atoms with Crippen LogP contribution in [-0.2, 0) is 9.59 Å². The fourth-order valence-electron chi connectivity index (χ4n) is 2.73. The molecule has 136 valence electrons. The van der Waals surface area contributed by atoms with Crippen LogP contribution in [0, 0.1) is 22.0 Å². The lowest BCUT2D eigenvalue weighted by molar-refractivity contribution is -0.383. The number of nitrogens with zero attached hydrogens (tertiary/aromatic N) is 2. The Morgan fingerprint density at radius 3 is 2.48 bits per heavy atom. The third kappa shape index (κ3) is 4.44. The highest BCUT2D eigenvalue weighted by molar-refractivity contribution is 5.94.